The van der Waals surface area contributed by atoms with Gasteiger partial charge in [-0.2, -0.15) is 0 Å². The summed E-state index contributed by atoms with van der Waals surface area (Å²) in [5.41, 5.74) is 0. The summed E-state index contributed by atoms with van der Waals surface area (Å²) in [6.45, 7) is 4.55. The second-order valence-corrected chi connectivity index (χ2v) is 14.8. The molecule has 51 heavy (non-hydrogen) atoms. The molecule has 0 aromatic carbocycles. The van der Waals surface area contributed by atoms with Crippen molar-refractivity contribution >= 4 is 5.97 Å². The van der Waals surface area contributed by atoms with E-state index in [9.17, 15) is 25.2 Å². The Bertz CT molecular complexity index is 792. The Morgan fingerprint density at radius 1 is 0.608 bits per heavy atom. The van der Waals surface area contributed by atoms with Gasteiger partial charge in [-0.25, -0.2) is 0 Å². The summed E-state index contributed by atoms with van der Waals surface area (Å²) >= 11 is 0. The second kappa shape index (κ2) is 34.7. The predicted octanol–water partition coefficient (Wildman–Crippen LogP) is 8.86. The lowest BCUT2D eigenvalue weighted by molar-refractivity contribution is -0.305. The molecule has 1 saturated heterocycles. The van der Waals surface area contributed by atoms with E-state index in [1.807, 2.05) is 0 Å². The van der Waals surface area contributed by atoms with Crippen LogP contribution in [0, 0.1) is 0 Å². The molecule has 0 aromatic rings. The maximum atomic E-state index is 12.7. The quantitative estimate of drug-likeness (QED) is 0.0284. The number of unbranched alkanes of at least 4 members (excludes halogenated alkanes) is 23. The lowest BCUT2D eigenvalue weighted by Crippen LogP contribution is -2.59. The predicted molar refractivity (Wildman–Crippen MR) is 206 cm³/mol. The van der Waals surface area contributed by atoms with Gasteiger partial charge in [-0.1, -0.05) is 154 Å². The molecular formula is C42H80O9. The number of rotatable bonds is 36. The average Bonchev–Trinajstić information content (AvgIpc) is 3.13. The molecule has 1 heterocycles. The summed E-state index contributed by atoms with van der Waals surface area (Å²) in [5, 5.41) is 40.0. The third kappa shape index (κ3) is 26.4. The van der Waals surface area contributed by atoms with Gasteiger partial charge in [0.25, 0.3) is 0 Å². The number of hydrogen-bond acceptors (Lipinski definition) is 9. The molecule has 1 fully saturated rings. The maximum Gasteiger partial charge on any atom is 0.306 e. The molecule has 9 heteroatoms. The number of aliphatic hydroxyl groups excluding tert-OH is 4. The molecule has 4 N–H and O–H groups in total. The van der Waals surface area contributed by atoms with Crippen molar-refractivity contribution in [2.45, 2.75) is 224 Å². The Balaban J connectivity index is 2.25. The van der Waals surface area contributed by atoms with Gasteiger partial charge in [-0.3, -0.25) is 4.79 Å². The first kappa shape index (κ1) is 48.0. The van der Waals surface area contributed by atoms with E-state index in [1.165, 1.54) is 135 Å². The van der Waals surface area contributed by atoms with Gasteiger partial charge in [0.2, 0.25) is 0 Å². The summed E-state index contributed by atoms with van der Waals surface area (Å²) in [5.74, 6) is -0.315. The minimum absolute atomic E-state index is 0.110. The van der Waals surface area contributed by atoms with Gasteiger partial charge in [0.05, 0.1) is 19.8 Å². The lowest BCUT2D eigenvalue weighted by atomic mass is 9.99. The third-order valence-electron chi connectivity index (χ3n) is 9.93. The largest absolute Gasteiger partial charge is 0.457 e. The zero-order valence-corrected chi connectivity index (χ0v) is 32.9. The van der Waals surface area contributed by atoms with Crippen molar-refractivity contribution in [2.75, 3.05) is 26.4 Å². The van der Waals surface area contributed by atoms with E-state index in [0.717, 1.165) is 32.1 Å². The van der Waals surface area contributed by atoms with Gasteiger partial charge in [0.15, 0.2) is 6.29 Å². The van der Waals surface area contributed by atoms with E-state index in [0.29, 0.717) is 13.0 Å². The first-order chi connectivity index (χ1) is 24.9. The summed E-state index contributed by atoms with van der Waals surface area (Å²) in [6, 6.07) is 0. The van der Waals surface area contributed by atoms with Crippen LogP contribution in [-0.4, -0.2) is 89.6 Å². The maximum absolute atomic E-state index is 12.7. The highest BCUT2D eigenvalue weighted by Gasteiger charge is 2.44. The number of carbonyl (C=O) groups is 1. The molecule has 1 aliphatic heterocycles. The fraction of sp³-hybridized carbons (Fsp3) is 0.929. The fourth-order valence-electron chi connectivity index (χ4n) is 6.54. The Labute approximate surface area is 312 Å². The highest BCUT2D eigenvalue weighted by Crippen LogP contribution is 2.22. The highest BCUT2D eigenvalue weighted by atomic mass is 16.7. The van der Waals surface area contributed by atoms with E-state index in [1.54, 1.807) is 0 Å². The van der Waals surface area contributed by atoms with Crippen LogP contribution in [0.2, 0.25) is 0 Å². The van der Waals surface area contributed by atoms with Crippen molar-refractivity contribution in [3.8, 4) is 0 Å². The van der Waals surface area contributed by atoms with E-state index in [2.05, 4.69) is 26.0 Å². The molecule has 0 aromatic heterocycles. The number of hydrogen-bond donors (Lipinski definition) is 4. The van der Waals surface area contributed by atoms with E-state index >= 15 is 0 Å². The number of carbonyl (C=O) groups excluding carboxylic acids is 1. The van der Waals surface area contributed by atoms with Crippen LogP contribution in [-0.2, 0) is 23.7 Å². The van der Waals surface area contributed by atoms with E-state index < -0.39 is 43.4 Å². The molecule has 0 saturated carbocycles. The molecule has 6 atom stereocenters. The Hall–Kier alpha value is -1.07. The molecule has 0 radical (unpaired) electrons. The van der Waals surface area contributed by atoms with Crippen molar-refractivity contribution in [1.29, 1.82) is 0 Å². The van der Waals surface area contributed by atoms with Gasteiger partial charge in [-0.05, 0) is 38.5 Å². The average molecular weight is 729 g/mol. The summed E-state index contributed by atoms with van der Waals surface area (Å²) < 4.78 is 22.7. The molecule has 9 nitrogen and oxygen atoms in total. The molecular weight excluding hydrogens is 648 g/mol. The van der Waals surface area contributed by atoms with Crippen molar-refractivity contribution in [1.82, 2.24) is 0 Å². The molecule has 0 spiro atoms. The van der Waals surface area contributed by atoms with Crippen molar-refractivity contribution in [3.05, 3.63) is 12.2 Å². The Morgan fingerprint density at radius 2 is 1.08 bits per heavy atom. The van der Waals surface area contributed by atoms with E-state index in [-0.39, 0.29) is 19.2 Å². The van der Waals surface area contributed by atoms with Gasteiger partial charge in [0, 0.05) is 13.0 Å². The zero-order valence-electron chi connectivity index (χ0n) is 32.9. The normalized spacial score (nSPS) is 21.4. The molecule has 0 aliphatic carbocycles. The molecule has 1 aliphatic rings. The molecule has 302 valence electrons. The molecule has 6 unspecified atom stereocenters. The smallest absolute Gasteiger partial charge is 0.306 e. The van der Waals surface area contributed by atoms with Crippen LogP contribution in [0.3, 0.4) is 0 Å². The van der Waals surface area contributed by atoms with Crippen LogP contribution < -0.4 is 0 Å². The van der Waals surface area contributed by atoms with Crippen LogP contribution >= 0.6 is 0 Å². The number of aliphatic hydroxyl groups is 4. The van der Waals surface area contributed by atoms with Crippen LogP contribution in [0.5, 0.6) is 0 Å². The number of ether oxygens (including phenoxy) is 4. The zero-order chi connectivity index (χ0) is 37.2. The van der Waals surface area contributed by atoms with Crippen molar-refractivity contribution in [3.63, 3.8) is 0 Å². The third-order valence-corrected chi connectivity index (χ3v) is 9.93. The molecule has 1 rings (SSSR count). The lowest BCUT2D eigenvalue weighted by Gasteiger charge is -2.39. The second-order valence-electron chi connectivity index (χ2n) is 14.8. The Morgan fingerprint density at radius 3 is 1.59 bits per heavy atom. The standard InChI is InChI=1S/C42H80O9/c1-3-5-7-9-11-13-15-16-17-18-19-20-21-22-24-26-28-30-32-48-34-36(35-49-42-41(47)40(46)39(45)37(33-43)51-42)50-38(44)31-29-27-25-23-14-12-10-8-6-4-2/h16-17,36-37,39-43,45-47H,3-15,18-35H2,1-2H3/b17-16-. The van der Waals surface area contributed by atoms with Crippen LogP contribution in [0.4, 0.5) is 0 Å². The van der Waals surface area contributed by atoms with Gasteiger partial charge in [-0.15, -0.1) is 0 Å². The summed E-state index contributed by atoms with van der Waals surface area (Å²) in [4.78, 5) is 12.7. The minimum Gasteiger partial charge on any atom is -0.457 e. The number of esters is 1. The van der Waals surface area contributed by atoms with Crippen LogP contribution in [0.15, 0.2) is 12.2 Å². The number of allylic oxidation sites excluding steroid dienone is 2. The van der Waals surface area contributed by atoms with Crippen molar-refractivity contribution in [2.24, 2.45) is 0 Å². The van der Waals surface area contributed by atoms with Crippen LogP contribution in [0.1, 0.15) is 187 Å². The minimum atomic E-state index is -1.53. The van der Waals surface area contributed by atoms with E-state index in [4.69, 9.17) is 18.9 Å². The van der Waals surface area contributed by atoms with Gasteiger partial charge >= 0.3 is 5.97 Å². The molecule has 0 amide bonds. The summed E-state index contributed by atoms with van der Waals surface area (Å²) in [6.07, 6.45) is 29.5. The monoisotopic (exact) mass is 729 g/mol. The SMILES string of the molecule is CCCCCCCC/C=C\CCCCCCCCCCOCC(COC1OC(CO)C(O)C(O)C1O)OC(=O)CCCCCCCCCCCC. The fourth-order valence-corrected chi connectivity index (χ4v) is 6.54. The first-order valence-electron chi connectivity index (χ1n) is 21.3. The van der Waals surface area contributed by atoms with Gasteiger partial charge in [0.1, 0.15) is 30.5 Å². The molecule has 0 bridgehead atoms. The Kier molecular flexibility index (Phi) is 32.6. The topological polar surface area (TPSA) is 135 Å². The van der Waals surface area contributed by atoms with Crippen LogP contribution in [0.25, 0.3) is 0 Å². The highest BCUT2D eigenvalue weighted by molar-refractivity contribution is 5.69. The summed E-state index contributed by atoms with van der Waals surface area (Å²) in [7, 11) is 0. The van der Waals surface area contributed by atoms with Crippen molar-refractivity contribution < 1.29 is 44.2 Å². The first-order valence-corrected chi connectivity index (χ1v) is 21.3. The van der Waals surface area contributed by atoms with Gasteiger partial charge < -0.3 is 39.4 Å².